The van der Waals surface area contributed by atoms with Gasteiger partial charge in [0.25, 0.3) is 5.91 Å². The molecule has 1 aromatic heterocycles. The largest absolute Gasteiger partial charge is 0.336 e. The molecule has 94 valence electrons. The highest BCUT2D eigenvalue weighted by Crippen LogP contribution is 2.12. The topological polar surface area (TPSA) is 33.2 Å². The Labute approximate surface area is 109 Å². The fraction of sp³-hybridized carbons (Fsp3) is 0.231. The van der Waals surface area contributed by atoms with Crippen molar-refractivity contribution in [1.82, 2.24) is 9.88 Å². The zero-order chi connectivity index (χ0) is 13.1. The highest BCUT2D eigenvalue weighted by molar-refractivity contribution is 7.09. The van der Waals surface area contributed by atoms with Crippen molar-refractivity contribution in [2.24, 2.45) is 0 Å². The van der Waals surface area contributed by atoms with E-state index in [1.807, 2.05) is 12.3 Å². The molecule has 0 atom stereocenters. The molecule has 0 N–H and O–H groups in total. The van der Waals surface area contributed by atoms with Crippen LogP contribution in [0.15, 0.2) is 29.6 Å². The maximum absolute atomic E-state index is 13.0. The molecule has 0 aliphatic rings. The lowest BCUT2D eigenvalue weighted by Crippen LogP contribution is -2.26. The van der Waals surface area contributed by atoms with Crippen LogP contribution in [0.5, 0.6) is 0 Å². The van der Waals surface area contributed by atoms with Crippen molar-refractivity contribution in [3.63, 3.8) is 0 Å². The van der Waals surface area contributed by atoms with Crippen LogP contribution in [0, 0.1) is 12.7 Å². The van der Waals surface area contributed by atoms with Gasteiger partial charge >= 0.3 is 0 Å². The van der Waals surface area contributed by atoms with E-state index in [-0.39, 0.29) is 5.91 Å². The summed E-state index contributed by atoms with van der Waals surface area (Å²) in [5.41, 5.74) is 1.20. The number of aryl methyl sites for hydroxylation is 1. The molecule has 1 heterocycles. The minimum absolute atomic E-state index is 0.208. The van der Waals surface area contributed by atoms with Crippen molar-refractivity contribution in [3.8, 4) is 0 Å². The Morgan fingerprint density at radius 3 is 2.89 bits per heavy atom. The maximum atomic E-state index is 13.0. The smallest absolute Gasteiger partial charge is 0.254 e. The van der Waals surface area contributed by atoms with Crippen LogP contribution in [0.2, 0.25) is 0 Å². The predicted octanol–water partition coefficient (Wildman–Crippen LogP) is 2.86. The Hall–Kier alpha value is -1.75. The lowest BCUT2D eigenvalue weighted by Gasteiger charge is -2.15. The van der Waals surface area contributed by atoms with Crippen molar-refractivity contribution in [2.75, 3.05) is 7.05 Å². The van der Waals surface area contributed by atoms with Gasteiger partial charge in [-0.05, 0) is 25.1 Å². The summed E-state index contributed by atoms with van der Waals surface area (Å²) in [6.45, 7) is 2.35. The number of carbonyl (C=O) groups excluding carboxylic acids is 1. The first-order valence-corrected chi connectivity index (χ1v) is 6.36. The van der Waals surface area contributed by atoms with Crippen molar-refractivity contribution in [1.29, 1.82) is 0 Å². The minimum Gasteiger partial charge on any atom is -0.336 e. The van der Waals surface area contributed by atoms with Gasteiger partial charge in [0.05, 0.1) is 17.2 Å². The Kier molecular flexibility index (Phi) is 3.72. The number of hydrogen-bond acceptors (Lipinski definition) is 3. The summed E-state index contributed by atoms with van der Waals surface area (Å²) in [6, 6.07) is 5.70. The molecule has 2 rings (SSSR count). The summed E-state index contributed by atoms with van der Waals surface area (Å²) < 4.78 is 13.0. The number of nitrogens with zero attached hydrogens (tertiary/aromatic N) is 2. The van der Waals surface area contributed by atoms with E-state index in [9.17, 15) is 9.18 Å². The molecular weight excluding hydrogens is 251 g/mol. The number of hydrogen-bond donors (Lipinski definition) is 0. The number of benzene rings is 1. The Balaban J connectivity index is 2.09. The number of aromatic nitrogens is 1. The van der Waals surface area contributed by atoms with Gasteiger partial charge in [-0.3, -0.25) is 4.79 Å². The number of halogens is 1. The highest BCUT2D eigenvalue weighted by Gasteiger charge is 2.13. The van der Waals surface area contributed by atoms with Gasteiger partial charge in [-0.2, -0.15) is 0 Å². The zero-order valence-electron chi connectivity index (χ0n) is 10.2. The van der Waals surface area contributed by atoms with E-state index < -0.39 is 5.82 Å². The van der Waals surface area contributed by atoms with Crippen LogP contribution in [0.4, 0.5) is 4.39 Å². The Morgan fingerprint density at radius 2 is 2.28 bits per heavy atom. The fourth-order valence-electron chi connectivity index (χ4n) is 1.64. The highest BCUT2D eigenvalue weighted by atomic mass is 32.1. The summed E-state index contributed by atoms with van der Waals surface area (Å²) in [6.07, 6.45) is 0. The van der Waals surface area contributed by atoms with Crippen molar-refractivity contribution >= 4 is 17.2 Å². The molecular formula is C13H13FN2OS. The van der Waals surface area contributed by atoms with Gasteiger partial charge in [0.1, 0.15) is 5.82 Å². The summed E-state index contributed by atoms with van der Waals surface area (Å²) in [7, 11) is 1.68. The molecule has 3 nitrogen and oxygen atoms in total. The normalized spacial score (nSPS) is 10.4. The minimum atomic E-state index is -0.404. The van der Waals surface area contributed by atoms with Gasteiger partial charge in [-0.25, -0.2) is 9.37 Å². The van der Waals surface area contributed by atoms with Crippen molar-refractivity contribution in [2.45, 2.75) is 13.5 Å². The Morgan fingerprint density at radius 1 is 1.50 bits per heavy atom. The zero-order valence-corrected chi connectivity index (χ0v) is 11.0. The molecule has 0 saturated carbocycles. The molecule has 0 unspecified atom stereocenters. The van der Waals surface area contributed by atoms with E-state index in [1.54, 1.807) is 24.5 Å². The molecule has 5 heteroatoms. The summed E-state index contributed by atoms with van der Waals surface area (Å²) in [5, 5.41) is 2.89. The molecule has 0 aliphatic carbocycles. The van der Waals surface area contributed by atoms with E-state index >= 15 is 0 Å². The third-order valence-electron chi connectivity index (χ3n) is 2.48. The third-order valence-corrected chi connectivity index (χ3v) is 3.31. The standard InChI is InChI=1S/C13H13FN2OS/c1-9-15-12(8-18-9)7-16(2)13(17)10-4-3-5-11(14)6-10/h3-6,8H,7H2,1-2H3. The molecule has 0 radical (unpaired) electrons. The van der Waals surface area contributed by atoms with Crippen LogP contribution in [0.1, 0.15) is 21.1 Å². The lowest BCUT2D eigenvalue weighted by atomic mass is 10.2. The molecule has 0 aliphatic heterocycles. The van der Waals surface area contributed by atoms with Gasteiger partial charge in [0.2, 0.25) is 0 Å². The van der Waals surface area contributed by atoms with Crippen LogP contribution in [-0.4, -0.2) is 22.8 Å². The number of thiazole rings is 1. The van der Waals surface area contributed by atoms with Gasteiger partial charge in [-0.15, -0.1) is 11.3 Å². The second kappa shape index (κ2) is 5.27. The second-order valence-electron chi connectivity index (χ2n) is 4.03. The first-order valence-electron chi connectivity index (χ1n) is 5.48. The summed E-state index contributed by atoms with van der Waals surface area (Å²) in [4.78, 5) is 17.9. The molecule has 2 aromatic rings. The van der Waals surface area contributed by atoms with E-state index in [1.165, 1.54) is 23.1 Å². The second-order valence-corrected chi connectivity index (χ2v) is 5.09. The van der Waals surface area contributed by atoms with E-state index in [0.717, 1.165) is 10.7 Å². The molecule has 18 heavy (non-hydrogen) atoms. The fourth-order valence-corrected chi connectivity index (χ4v) is 2.24. The van der Waals surface area contributed by atoms with Crippen LogP contribution >= 0.6 is 11.3 Å². The summed E-state index contributed by atoms with van der Waals surface area (Å²) >= 11 is 1.55. The van der Waals surface area contributed by atoms with Gasteiger partial charge in [0.15, 0.2) is 0 Å². The molecule has 0 saturated heterocycles. The van der Waals surface area contributed by atoms with Crippen LogP contribution in [-0.2, 0) is 6.54 Å². The van der Waals surface area contributed by atoms with Crippen molar-refractivity contribution in [3.05, 3.63) is 51.7 Å². The van der Waals surface area contributed by atoms with Gasteiger partial charge in [-0.1, -0.05) is 6.07 Å². The quantitative estimate of drug-likeness (QED) is 0.854. The molecule has 0 bridgehead atoms. The average Bonchev–Trinajstić information content (AvgIpc) is 2.73. The number of rotatable bonds is 3. The van der Waals surface area contributed by atoms with E-state index in [0.29, 0.717) is 12.1 Å². The maximum Gasteiger partial charge on any atom is 0.254 e. The monoisotopic (exact) mass is 264 g/mol. The molecule has 1 aromatic carbocycles. The van der Waals surface area contributed by atoms with Crippen molar-refractivity contribution < 1.29 is 9.18 Å². The first kappa shape index (κ1) is 12.7. The van der Waals surface area contributed by atoms with Crippen LogP contribution < -0.4 is 0 Å². The number of carbonyl (C=O) groups is 1. The lowest BCUT2D eigenvalue weighted by molar-refractivity contribution is 0.0783. The summed E-state index contributed by atoms with van der Waals surface area (Å²) in [5.74, 6) is -0.612. The van der Waals surface area contributed by atoms with Gasteiger partial charge in [0, 0.05) is 18.0 Å². The van der Waals surface area contributed by atoms with E-state index in [2.05, 4.69) is 4.98 Å². The SMILES string of the molecule is Cc1nc(CN(C)C(=O)c2cccc(F)c2)cs1. The van der Waals surface area contributed by atoms with E-state index in [4.69, 9.17) is 0 Å². The predicted molar refractivity (Wildman–Crippen MR) is 69.0 cm³/mol. The average molecular weight is 264 g/mol. The molecule has 0 spiro atoms. The third kappa shape index (κ3) is 2.92. The molecule has 0 fully saturated rings. The number of amides is 1. The molecule has 1 amide bonds. The van der Waals surface area contributed by atoms with Gasteiger partial charge < -0.3 is 4.90 Å². The Bertz CT molecular complexity index is 568. The van der Waals surface area contributed by atoms with Crippen LogP contribution in [0.3, 0.4) is 0 Å². The first-order chi connectivity index (χ1) is 8.56. The van der Waals surface area contributed by atoms with Crippen LogP contribution in [0.25, 0.3) is 0 Å².